The molecule has 0 bridgehead atoms. The van der Waals surface area contributed by atoms with Gasteiger partial charge in [-0.2, -0.15) is 8.78 Å². The van der Waals surface area contributed by atoms with Crippen LogP contribution in [0.2, 0.25) is 0 Å². The number of aromatic nitrogens is 2. The van der Waals surface area contributed by atoms with E-state index < -0.39 is 24.5 Å². The molecule has 0 N–H and O–H groups in total. The summed E-state index contributed by atoms with van der Waals surface area (Å²) in [7, 11) is 0. The summed E-state index contributed by atoms with van der Waals surface area (Å²) < 4.78 is 49.5. The summed E-state index contributed by atoms with van der Waals surface area (Å²) in [4.78, 5) is 14.7. The Hall–Kier alpha value is -0.670. The molecular formula is C7H5F4IN2O. The van der Waals surface area contributed by atoms with Gasteiger partial charge in [0, 0.05) is 6.20 Å². The van der Waals surface area contributed by atoms with E-state index in [0.717, 1.165) is 6.33 Å². The second-order valence-corrected chi connectivity index (χ2v) is 3.90. The molecule has 0 saturated carbocycles. The van der Waals surface area contributed by atoms with Crippen LogP contribution in [-0.4, -0.2) is 21.9 Å². The first-order valence-corrected chi connectivity index (χ1v) is 4.78. The van der Waals surface area contributed by atoms with Crippen LogP contribution in [0.3, 0.4) is 0 Å². The molecule has 1 heterocycles. The summed E-state index contributed by atoms with van der Waals surface area (Å²) in [6.45, 7) is -1.37. The van der Waals surface area contributed by atoms with E-state index in [1.165, 1.54) is 6.20 Å². The van der Waals surface area contributed by atoms with Crippen molar-refractivity contribution in [2.24, 2.45) is 0 Å². The fourth-order valence-electron chi connectivity index (χ4n) is 0.833. The van der Waals surface area contributed by atoms with Gasteiger partial charge in [0.25, 0.3) is 5.56 Å². The number of halogens is 5. The van der Waals surface area contributed by atoms with Gasteiger partial charge in [-0.3, -0.25) is 9.36 Å². The third-order valence-electron chi connectivity index (χ3n) is 1.56. The van der Waals surface area contributed by atoms with Crippen molar-refractivity contribution in [3.05, 3.63) is 26.4 Å². The van der Waals surface area contributed by atoms with Crippen LogP contribution in [0.5, 0.6) is 0 Å². The lowest BCUT2D eigenvalue weighted by atomic mass is 10.3. The molecule has 1 aromatic heterocycles. The van der Waals surface area contributed by atoms with Gasteiger partial charge in [-0.15, -0.1) is 0 Å². The average Bonchev–Trinajstić information content (AvgIpc) is 2.12. The van der Waals surface area contributed by atoms with Gasteiger partial charge in [0.1, 0.15) is 0 Å². The highest BCUT2D eigenvalue weighted by Gasteiger charge is 2.41. The fraction of sp³-hybridized carbons (Fsp3) is 0.429. The Morgan fingerprint density at radius 3 is 2.67 bits per heavy atom. The summed E-state index contributed by atoms with van der Waals surface area (Å²) in [6, 6.07) is 0. The van der Waals surface area contributed by atoms with E-state index in [2.05, 4.69) is 4.98 Å². The third-order valence-corrected chi connectivity index (χ3v) is 2.30. The zero-order valence-corrected chi connectivity index (χ0v) is 9.29. The van der Waals surface area contributed by atoms with Crippen LogP contribution in [-0.2, 0) is 6.54 Å². The highest BCUT2D eigenvalue weighted by Crippen LogP contribution is 2.23. The zero-order valence-electron chi connectivity index (χ0n) is 7.13. The number of nitrogens with zero attached hydrogens (tertiary/aromatic N) is 2. The molecule has 0 amide bonds. The lowest BCUT2D eigenvalue weighted by molar-refractivity contribution is -0.138. The Morgan fingerprint density at radius 1 is 1.53 bits per heavy atom. The van der Waals surface area contributed by atoms with Gasteiger partial charge in [0.2, 0.25) is 0 Å². The molecule has 1 rings (SSSR count). The van der Waals surface area contributed by atoms with Crippen molar-refractivity contribution >= 4 is 22.6 Å². The highest BCUT2D eigenvalue weighted by atomic mass is 127. The molecule has 0 spiro atoms. The maximum atomic E-state index is 12.6. The van der Waals surface area contributed by atoms with Crippen molar-refractivity contribution in [1.29, 1.82) is 0 Å². The molecule has 8 heteroatoms. The first-order chi connectivity index (χ1) is 6.84. The van der Waals surface area contributed by atoms with Gasteiger partial charge in [-0.1, -0.05) is 0 Å². The molecule has 3 nitrogen and oxygen atoms in total. The first kappa shape index (κ1) is 12.4. The quantitative estimate of drug-likeness (QED) is 0.623. The fourth-order valence-corrected chi connectivity index (χ4v) is 1.30. The lowest BCUT2D eigenvalue weighted by Gasteiger charge is -2.15. The molecule has 0 aliphatic carbocycles. The van der Waals surface area contributed by atoms with Crippen molar-refractivity contribution < 1.29 is 17.6 Å². The maximum Gasteiger partial charge on any atom is 0.325 e. The van der Waals surface area contributed by atoms with E-state index in [4.69, 9.17) is 0 Å². The predicted octanol–water partition coefficient (Wildman–Crippen LogP) is 1.75. The molecule has 0 atom stereocenters. The standard InChI is InChI=1S/C7H5F4IN2O/c8-6(9)7(10,11)2-14-3-13-1-4(12)5(14)15/h1,3,6H,2H2. The lowest BCUT2D eigenvalue weighted by Crippen LogP contribution is -2.37. The molecule has 1 aromatic rings. The van der Waals surface area contributed by atoms with E-state index >= 15 is 0 Å². The molecule has 0 unspecified atom stereocenters. The topological polar surface area (TPSA) is 34.9 Å². The monoisotopic (exact) mass is 336 g/mol. The van der Waals surface area contributed by atoms with Gasteiger partial charge < -0.3 is 0 Å². The summed E-state index contributed by atoms with van der Waals surface area (Å²) in [5.41, 5.74) is -0.758. The minimum atomic E-state index is -4.23. The molecular weight excluding hydrogens is 331 g/mol. The van der Waals surface area contributed by atoms with Gasteiger partial charge in [0.05, 0.1) is 16.4 Å². The van der Waals surface area contributed by atoms with Crippen LogP contribution in [0.15, 0.2) is 17.3 Å². The van der Waals surface area contributed by atoms with Gasteiger partial charge in [0.15, 0.2) is 0 Å². The number of hydrogen-bond acceptors (Lipinski definition) is 2. The second-order valence-electron chi connectivity index (χ2n) is 2.74. The smallest absolute Gasteiger partial charge is 0.292 e. The summed E-state index contributed by atoms with van der Waals surface area (Å²) in [5.74, 6) is -4.23. The Labute approximate surface area is 95.3 Å². The van der Waals surface area contributed by atoms with Crippen LogP contribution in [0.4, 0.5) is 17.6 Å². The summed E-state index contributed by atoms with van der Waals surface area (Å²) in [5, 5.41) is 0. The number of rotatable bonds is 3. The van der Waals surface area contributed by atoms with E-state index in [-0.39, 0.29) is 3.57 Å². The van der Waals surface area contributed by atoms with Crippen LogP contribution in [0.1, 0.15) is 0 Å². The largest absolute Gasteiger partial charge is 0.325 e. The molecule has 84 valence electrons. The van der Waals surface area contributed by atoms with E-state index in [9.17, 15) is 22.4 Å². The summed E-state index contributed by atoms with van der Waals surface area (Å²) in [6.07, 6.45) is -1.83. The number of hydrogen-bond donors (Lipinski definition) is 0. The van der Waals surface area contributed by atoms with Crippen molar-refractivity contribution in [3.8, 4) is 0 Å². The second kappa shape index (κ2) is 4.45. The van der Waals surface area contributed by atoms with E-state index in [1.54, 1.807) is 22.6 Å². The molecule has 15 heavy (non-hydrogen) atoms. The molecule has 0 aliphatic heterocycles. The predicted molar refractivity (Wildman–Crippen MR) is 52.2 cm³/mol. The van der Waals surface area contributed by atoms with Crippen LogP contribution in [0.25, 0.3) is 0 Å². The van der Waals surface area contributed by atoms with Crippen molar-refractivity contribution in [2.45, 2.75) is 18.9 Å². The minimum absolute atomic E-state index is 0.0974. The van der Waals surface area contributed by atoms with Gasteiger partial charge in [-0.25, -0.2) is 13.8 Å². The minimum Gasteiger partial charge on any atom is -0.292 e. The molecule has 0 aromatic carbocycles. The zero-order chi connectivity index (χ0) is 11.6. The van der Waals surface area contributed by atoms with Crippen LogP contribution < -0.4 is 5.56 Å². The van der Waals surface area contributed by atoms with Crippen molar-refractivity contribution in [1.82, 2.24) is 9.55 Å². The highest BCUT2D eigenvalue weighted by molar-refractivity contribution is 14.1. The van der Waals surface area contributed by atoms with Crippen molar-refractivity contribution in [3.63, 3.8) is 0 Å². The normalized spacial score (nSPS) is 12.1. The van der Waals surface area contributed by atoms with Gasteiger partial charge in [-0.05, 0) is 22.6 Å². The first-order valence-electron chi connectivity index (χ1n) is 3.70. The average molecular weight is 336 g/mol. The Balaban J connectivity index is 3.00. The van der Waals surface area contributed by atoms with Crippen LogP contribution >= 0.6 is 22.6 Å². The van der Waals surface area contributed by atoms with Crippen LogP contribution in [0, 0.1) is 3.57 Å². The number of alkyl halides is 4. The SMILES string of the molecule is O=c1c(I)cncn1CC(F)(F)C(F)F. The Morgan fingerprint density at radius 2 is 2.13 bits per heavy atom. The molecule has 0 saturated heterocycles. The van der Waals surface area contributed by atoms with Crippen molar-refractivity contribution in [2.75, 3.05) is 0 Å². The maximum absolute atomic E-state index is 12.6. The Kier molecular flexibility index (Phi) is 3.68. The summed E-state index contributed by atoms with van der Waals surface area (Å²) >= 11 is 1.59. The van der Waals surface area contributed by atoms with E-state index in [0.29, 0.717) is 4.57 Å². The molecule has 0 aliphatic rings. The van der Waals surface area contributed by atoms with E-state index in [1.807, 2.05) is 0 Å². The Bertz CT molecular complexity index is 406. The molecule has 0 radical (unpaired) electrons. The van der Waals surface area contributed by atoms with Gasteiger partial charge >= 0.3 is 12.3 Å². The molecule has 0 fully saturated rings. The third kappa shape index (κ3) is 2.89.